The summed E-state index contributed by atoms with van der Waals surface area (Å²) in [5.41, 5.74) is 5.89. The first-order chi connectivity index (χ1) is 6.07. The van der Waals surface area contributed by atoms with Gasteiger partial charge in [-0.1, -0.05) is 13.0 Å². The SMILES string of the molecule is CC(CO)c1ccc(O)c(N)c1O. The number of aromatic hydroxyl groups is 2. The first kappa shape index (κ1) is 9.67. The van der Waals surface area contributed by atoms with E-state index in [9.17, 15) is 5.11 Å². The van der Waals surface area contributed by atoms with Crippen molar-refractivity contribution in [1.82, 2.24) is 0 Å². The molecule has 0 saturated heterocycles. The summed E-state index contributed by atoms with van der Waals surface area (Å²) in [5, 5.41) is 27.5. The lowest BCUT2D eigenvalue weighted by atomic mass is 10.00. The molecule has 1 aromatic rings. The maximum absolute atomic E-state index is 9.48. The summed E-state index contributed by atoms with van der Waals surface area (Å²) in [5.74, 6) is -0.490. The van der Waals surface area contributed by atoms with Crippen LogP contribution in [0.1, 0.15) is 18.4 Å². The van der Waals surface area contributed by atoms with Crippen LogP contribution in [0.2, 0.25) is 0 Å². The first-order valence-corrected chi connectivity index (χ1v) is 3.99. The number of anilines is 1. The molecule has 1 aromatic carbocycles. The van der Waals surface area contributed by atoms with E-state index < -0.39 is 0 Å². The lowest BCUT2D eigenvalue weighted by Gasteiger charge is -2.12. The Balaban J connectivity index is 3.18. The highest BCUT2D eigenvalue weighted by atomic mass is 16.3. The molecule has 4 heteroatoms. The summed E-state index contributed by atoms with van der Waals surface area (Å²) < 4.78 is 0. The quantitative estimate of drug-likeness (QED) is 0.403. The van der Waals surface area contributed by atoms with Crippen LogP contribution in [0.5, 0.6) is 11.5 Å². The summed E-state index contributed by atoms with van der Waals surface area (Å²) >= 11 is 0. The highest BCUT2D eigenvalue weighted by Gasteiger charge is 2.13. The van der Waals surface area contributed by atoms with Gasteiger partial charge in [0.15, 0.2) is 0 Å². The van der Waals surface area contributed by atoms with E-state index in [4.69, 9.17) is 15.9 Å². The Kier molecular flexibility index (Phi) is 2.63. The molecule has 1 rings (SSSR count). The van der Waals surface area contributed by atoms with Gasteiger partial charge >= 0.3 is 0 Å². The Morgan fingerprint density at radius 3 is 2.54 bits per heavy atom. The third kappa shape index (κ3) is 1.67. The summed E-state index contributed by atoms with van der Waals surface area (Å²) in [6.45, 7) is 1.68. The summed E-state index contributed by atoms with van der Waals surface area (Å²) in [7, 11) is 0. The smallest absolute Gasteiger partial charge is 0.145 e. The van der Waals surface area contributed by atoms with Crippen molar-refractivity contribution in [1.29, 1.82) is 0 Å². The number of nitrogens with two attached hydrogens (primary N) is 1. The molecule has 5 N–H and O–H groups in total. The summed E-state index contributed by atoms with van der Waals surface area (Å²) in [6.07, 6.45) is 0. The van der Waals surface area contributed by atoms with Crippen molar-refractivity contribution in [2.75, 3.05) is 12.3 Å². The van der Waals surface area contributed by atoms with Crippen molar-refractivity contribution < 1.29 is 15.3 Å². The van der Waals surface area contributed by atoms with Gasteiger partial charge in [-0.2, -0.15) is 0 Å². The molecular formula is C9H13NO3. The fourth-order valence-electron chi connectivity index (χ4n) is 1.11. The van der Waals surface area contributed by atoms with E-state index in [1.807, 2.05) is 0 Å². The molecular weight excluding hydrogens is 170 g/mol. The van der Waals surface area contributed by atoms with Gasteiger partial charge in [0.25, 0.3) is 0 Å². The second-order valence-electron chi connectivity index (χ2n) is 3.02. The normalized spacial score (nSPS) is 12.8. The molecule has 0 fully saturated rings. The highest BCUT2D eigenvalue weighted by Crippen LogP contribution is 2.36. The average molecular weight is 183 g/mol. The Morgan fingerprint density at radius 1 is 1.38 bits per heavy atom. The maximum atomic E-state index is 9.48. The number of rotatable bonds is 2. The van der Waals surface area contributed by atoms with Gasteiger partial charge in [0.1, 0.15) is 17.2 Å². The number of nitrogen functional groups attached to an aromatic ring is 1. The molecule has 0 spiro atoms. The van der Waals surface area contributed by atoms with E-state index in [-0.39, 0.29) is 29.7 Å². The number of phenolic OH excluding ortho intramolecular Hbond substituents is 2. The number of benzene rings is 1. The standard InChI is InChI=1S/C9H13NO3/c1-5(4-11)6-2-3-7(12)8(10)9(6)13/h2-3,5,11-13H,4,10H2,1H3. The zero-order valence-corrected chi connectivity index (χ0v) is 7.36. The summed E-state index contributed by atoms with van der Waals surface area (Å²) in [4.78, 5) is 0. The van der Waals surface area contributed by atoms with Crippen LogP contribution in [0.3, 0.4) is 0 Å². The van der Waals surface area contributed by atoms with Crippen LogP contribution in [-0.2, 0) is 0 Å². The van der Waals surface area contributed by atoms with Crippen LogP contribution in [0.25, 0.3) is 0 Å². The Bertz CT molecular complexity index is 312. The van der Waals surface area contributed by atoms with E-state index in [2.05, 4.69) is 0 Å². The molecule has 0 amide bonds. The minimum Gasteiger partial charge on any atom is -0.506 e. The minimum absolute atomic E-state index is 0.0437. The van der Waals surface area contributed by atoms with Crippen molar-refractivity contribution in [2.24, 2.45) is 0 Å². The number of phenols is 2. The molecule has 0 aliphatic rings. The predicted molar refractivity (Wildman–Crippen MR) is 49.7 cm³/mol. The molecule has 0 aromatic heterocycles. The number of aliphatic hydroxyl groups excluding tert-OH is 1. The van der Waals surface area contributed by atoms with Crippen molar-refractivity contribution >= 4 is 5.69 Å². The van der Waals surface area contributed by atoms with Crippen molar-refractivity contribution in [3.63, 3.8) is 0 Å². The fourth-order valence-corrected chi connectivity index (χ4v) is 1.11. The third-order valence-electron chi connectivity index (χ3n) is 2.03. The summed E-state index contributed by atoms with van der Waals surface area (Å²) in [6, 6.07) is 2.94. The Hall–Kier alpha value is -1.42. The van der Waals surface area contributed by atoms with Gasteiger partial charge in [0.2, 0.25) is 0 Å². The van der Waals surface area contributed by atoms with Gasteiger partial charge < -0.3 is 21.1 Å². The van der Waals surface area contributed by atoms with E-state index in [0.29, 0.717) is 5.56 Å². The molecule has 0 saturated carbocycles. The maximum Gasteiger partial charge on any atom is 0.145 e. The highest BCUT2D eigenvalue weighted by molar-refractivity contribution is 5.65. The van der Waals surface area contributed by atoms with Gasteiger partial charge in [0, 0.05) is 18.1 Å². The fraction of sp³-hybridized carbons (Fsp3) is 0.333. The number of hydrogen-bond acceptors (Lipinski definition) is 4. The molecule has 0 radical (unpaired) electrons. The molecule has 1 unspecified atom stereocenters. The largest absolute Gasteiger partial charge is 0.506 e. The molecule has 72 valence electrons. The zero-order valence-electron chi connectivity index (χ0n) is 7.36. The lowest BCUT2D eigenvalue weighted by molar-refractivity contribution is 0.270. The monoisotopic (exact) mass is 183 g/mol. The first-order valence-electron chi connectivity index (χ1n) is 3.99. The minimum atomic E-state index is -0.192. The van der Waals surface area contributed by atoms with Crippen LogP contribution < -0.4 is 5.73 Å². The second kappa shape index (κ2) is 3.53. The Labute approximate surface area is 76.2 Å². The molecule has 0 heterocycles. The van der Waals surface area contributed by atoms with Gasteiger partial charge in [-0.3, -0.25) is 0 Å². The van der Waals surface area contributed by atoms with Crippen LogP contribution >= 0.6 is 0 Å². The van der Waals surface area contributed by atoms with Gasteiger partial charge in [-0.05, 0) is 6.07 Å². The van der Waals surface area contributed by atoms with Crippen LogP contribution in [0, 0.1) is 0 Å². The van der Waals surface area contributed by atoms with E-state index in [0.717, 1.165) is 0 Å². The van der Waals surface area contributed by atoms with Crippen molar-refractivity contribution in [3.8, 4) is 11.5 Å². The predicted octanol–water partition coefficient (Wildman–Crippen LogP) is 0.776. The van der Waals surface area contributed by atoms with Gasteiger partial charge in [-0.15, -0.1) is 0 Å². The van der Waals surface area contributed by atoms with Gasteiger partial charge in [-0.25, -0.2) is 0 Å². The molecule has 0 aliphatic heterocycles. The number of hydrogen-bond donors (Lipinski definition) is 4. The zero-order chi connectivity index (χ0) is 10.0. The second-order valence-corrected chi connectivity index (χ2v) is 3.02. The average Bonchev–Trinajstić information content (AvgIpc) is 2.13. The van der Waals surface area contributed by atoms with E-state index in [1.165, 1.54) is 6.07 Å². The molecule has 4 nitrogen and oxygen atoms in total. The van der Waals surface area contributed by atoms with E-state index in [1.54, 1.807) is 13.0 Å². The van der Waals surface area contributed by atoms with Gasteiger partial charge in [0.05, 0.1) is 0 Å². The van der Waals surface area contributed by atoms with Crippen molar-refractivity contribution in [2.45, 2.75) is 12.8 Å². The molecule has 13 heavy (non-hydrogen) atoms. The van der Waals surface area contributed by atoms with E-state index >= 15 is 0 Å². The van der Waals surface area contributed by atoms with Crippen LogP contribution in [-0.4, -0.2) is 21.9 Å². The molecule has 0 bridgehead atoms. The van der Waals surface area contributed by atoms with Crippen LogP contribution in [0.15, 0.2) is 12.1 Å². The Morgan fingerprint density at radius 2 is 2.00 bits per heavy atom. The van der Waals surface area contributed by atoms with Crippen molar-refractivity contribution in [3.05, 3.63) is 17.7 Å². The number of aliphatic hydroxyl groups is 1. The lowest BCUT2D eigenvalue weighted by Crippen LogP contribution is -2.00. The van der Waals surface area contributed by atoms with Crippen LogP contribution in [0.4, 0.5) is 5.69 Å². The third-order valence-corrected chi connectivity index (χ3v) is 2.03. The topological polar surface area (TPSA) is 86.7 Å². The molecule has 1 atom stereocenters. The molecule has 0 aliphatic carbocycles.